The number of nitrogens with zero attached hydrogens (tertiary/aromatic N) is 14. The first-order valence-corrected chi connectivity index (χ1v) is 49.9. The summed E-state index contributed by atoms with van der Waals surface area (Å²) < 4.78 is 237. The predicted molar refractivity (Wildman–Crippen MR) is 539 cm³/mol. The van der Waals surface area contributed by atoms with Crippen molar-refractivity contribution < 1.29 is 135 Å². The van der Waals surface area contributed by atoms with Gasteiger partial charge in [-0.05, 0) is 198 Å². The van der Waals surface area contributed by atoms with E-state index in [1.54, 1.807) is 86.6 Å². The van der Waals surface area contributed by atoms with Gasteiger partial charge in [-0.15, -0.1) is 0 Å². The van der Waals surface area contributed by atoms with E-state index in [9.17, 15) is 101 Å². The average molecular weight is 2220 g/mol. The van der Waals surface area contributed by atoms with Crippen LogP contribution in [0.15, 0.2) is 468 Å². The summed E-state index contributed by atoms with van der Waals surface area (Å²) in [4.78, 5) is 52.3. The van der Waals surface area contributed by atoms with Gasteiger partial charge in [0.05, 0.1) is 118 Å². The van der Waals surface area contributed by atoms with E-state index in [4.69, 9.17) is 10.5 Å². The zero-order chi connectivity index (χ0) is 107. The second-order valence-electron chi connectivity index (χ2n) is 28.5. The Morgan fingerprint density at radius 1 is 0.184 bits per heavy atom. The smallest absolute Gasteiger partial charge is 0.0623 e. The zero-order valence-electron chi connectivity index (χ0n) is 77.0. The number of halogens is 24. The molecule has 147 heavy (non-hydrogen) atoms. The third-order valence-corrected chi connectivity index (χ3v) is 15.7. The third kappa shape index (κ3) is 86.4. The van der Waals surface area contributed by atoms with Crippen LogP contribution in [0, 0.1) is 22.7 Å². The van der Waals surface area contributed by atoms with Crippen LogP contribution in [0.1, 0.15) is 81.4 Å². The summed E-state index contributed by atoms with van der Waals surface area (Å²) in [7, 11) is -42.6. The van der Waals surface area contributed by atoms with Gasteiger partial charge in [-0.25, -0.2) is 0 Å². The van der Waals surface area contributed by atoms with Crippen LogP contribution in [0.25, 0.3) is 0 Å². The van der Waals surface area contributed by atoms with Gasteiger partial charge in [0.25, 0.3) is 0 Å². The van der Waals surface area contributed by atoms with Crippen molar-refractivity contribution in [3.63, 3.8) is 0 Å². The van der Waals surface area contributed by atoms with Gasteiger partial charge in [-0.1, -0.05) is 255 Å². The van der Waals surface area contributed by atoms with E-state index in [1.165, 1.54) is 47.2 Å². The molecule has 0 aliphatic heterocycles. The molecule has 0 bridgehead atoms. The fraction of sp³-hybridized carbons (Fsp3) is 0.0485. The number of benzene rings is 10. The van der Waals surface area contributed by atoms with Crippen molar-refractivity contribution in [1.82, 2.24) is 29.9 Å². The van der Waals surface area contributed by atoms with Crippen LogP contribution < -0.4 is 0 Å². The van der Waals surface area contributed by atoms with E-state index >= 15 is 0 Å². The van der Waals surface area contributed by atoms with Gasteiger partial charge in [0.1, 0.15) is 0 Å². The molecule has 0 aliphatic rings. The molecule has 0 atom stereocenters. The second-order valence-corrected chi connectivity index (χ2v) is 36.2. The predicted octanol–water partition coefficient (Wildman–Crippen LogP) is 38.0. The Hall–Kier alpha value is -14.8. The first-order chi connectivity index (χ1) is 67.7. The van der Waals surface area contributed by atoms with Gasteiger partial charge < -0.3 is 0 Å². The van der Waals surface area contributed by atoms with Crippen molar-refractivity contribution in [3.05, 3.63) is 505 Å². The largest absolute Gasteiger partial charge is 2.00 e. The number of hydrogen-bond donors (Lipinski definition) is 0. The van der Waals surface area contributed by atoms with Gasteiger partial charge in [0.15, 0.2) is 0 Å². The van der Waals surface area contributed by atoms with E-state index in [1.807, 2.05) is 328 Å². The zero-order valence-corrected chi connectivity index (χ0v) is 82.8. The Kier molecular flexibility index (Phi) is 51.4. The fourth-order valence-corrected chi connectivity index (χ4v) is 10.0. The van der Waals surface area contributed by atoms with E-state index in [0.717, 1.165) is 87.6 Å². The molecule has 0 saturated heterocycles. The van der Waals surface area contributed by atoms with Crippen LogP contribution in [-0.4, -0.2) is 67.2 Å². The maximum Gasteiger partial charge on any atom is 2.00 e. The molecule has 0 fully saturated rings. The molecule has 0 N–H and O–H groups in total. The Labute approximate surface area is 853 Å². The Morgan fingerprint density at radius 3 is 0.361 bits per heavy atom. The molecule has 10 aromatic carbocycles. The minimum absolute atomic E-state index is 0. The SMILES string of the molecule is C(=Nc1ccc(Cc2ccc(N=Cc3ccccn3)cc2)cc1)c1ccccn1.C(=Nc1ccc(Cc2ccc(N=Cc3ccccn3)cc2)cc1)c1ccccn1.C(=Nc1ccc(Cc2ccc(N=Cc3ccccn3)cc2)cc1)c1ccccn1.CC#N.CC#N.F[P-](F)(F)(F)(F)F.F[P-](F)(F)(F)(F)F.F[P-](F)(F)(F)(F)F.F[P-](F)(F)(F)(F)F.[Fe+2].[Fe+2].c1ccccc1.c1ccccc1.c1ccccc1.c1ccccc1. The quantitative estimate of drug-likeness (QED) is 0.0350. The van der Waals surface area contributed by atoms with Crippen LogP contribution >= 0.6 is 31.2 Å². The number of hydrogen-bond acceptors (Lipinski definition) is 14. The third-order valence-electron chi connectivity index (χ3n) is 15.7. The minimum Gasteiger partial charge on any atom is -0.0623 e. The molecule has 0 aliphatic carbocycles. The van der Waals surface area contributed by atoms with E-state index < -0.39 is 31.2 Å². The van der Waals surface area contributed by atoms with Crippen molar-refractivity contribution in [2.75, 3.05) is 0 Å². The standard InChI is InChI=1S/3C25H20N4.4C6H6.2C2H3N.4F6P.2Fe/c3*1-3-15-26-24(5-1)18-28-22-11-7-20(8-12-22)17-21-9-13-23(14-10-21)29-19-25-6-2-4-16-27-25;4*1-2-4-6-5-3-1;2*1-2-3;4*1-7(2,3,4,5)6;;/h3*1-16,18-19H,17H2;4*1-6H;2*1H3;;;;;;/q;;;;;;;;;4*-1;2*+2. The maximum absolute atomic E-state index is 10.7. The molecule has 44 heteroatoms. The monoisotopic (exact) mass is 2210 g/mol. The molecule has 0 radical (unpaired) electrons. The number of rotatable bonds is 18. The summed E-state index contributed by atoms with van der Waals surface area (Å²) >= 11 is 0. The summed E-state index contributed by atoms with van der Waals surface area (Å²) in [5, 5.41) is 14.6. The first kappa shape index (κ1) is 128. The summed E-state index contributed by atoms with van der Waals surface area (Å²) in [6, 6.07) is 136. The molecule has 0 amide bonds. The molecule has 0 saturated carbocycles. The molecular formula is C103H90F24Fe2N14P4. The summed E-state index contributed by atoms with van der Waals surface area (Å²) in [5.41, 5.74) is 18.0. The summed E-state index contributed by atoms with van der Waals surface area (Å²) in [6.07, 6.45) is 23.9. The molecule has 6 aromatic heterocycles. The molecule has 776 valence electrons. The van der Waals surface area contributed by atoms with Gasteiger partial charge in [0.2, 0.25) is 0 Å². The number of pyridine rings is 6. The van der Waals surface area contributed by atoms with Crippen molar-refractivity contribution in [2.45, 2.75) is 33.1 Å². The number of aromatic nitrogens is 6. The fourth-order valence-electron chi connectivity index (χ4n) is 10.0. The molecule has 14 nitrogen and oxygen atoms in total. The molecule has 16 aromatic rings. The molecule has 0 unspecified atom stereocenters. The van der Waals surface area contributed by atoms with Crippen LogP contribution in [0.2, 0.25) is 0 Å². The number of nitriles is 2. The summed E-state index contributed by atoms with van der Waals surface area (Å²) in [6.45, 7) is 2.86. The minimum atomic E-state index is -10.7. The number of aliphatic imine (C=N–C) groups is 6. The molecule has 0 spiro atoms. The van der Waals surface area contributed by atoms with E-state index in [-0.39, 0.29) is 34.1 Å². The Morgan fingerprint density at radius 2 is 0.279 bits per heavy atom. The van der Waals surface area contributed by atoms with Crippen LogP contribution in [0.4, 0.5) is 135 Å². The van der Waals surface area contributed by atoms with Gasteiger partial charge in [-0.2, -0.15) is 10.5 Å². The van der Waals surface area contributed by atoms with Crippen molar-refractivity contribution in [2.24, 2.45) is 30.0 Å². The second kappa shape index (κ2) is 59.0. The normalized spacial score (nSPS) is 12.5. The first-order valence-electron chi connectivity index (χ1n) is 41.8. The van der Waals surface area contributed by atoms with E-state index in [0.29, 0.717) is 0 Å². The average Bonchev–Trinajstić information content (AvgIpc) is 0.799. The van der Waals surface area contributed by atoms with Gasteiger partial charge in [0, 0.05) is 51.0 Å². The van der Waals surface area contributed by atoms with Crippen molar-refractivity contribution in [3.8, 4) is 12.1 Å². The molecular weight excluding hydrogens is 2120 g/mol. The van der Waals surface area contributed by atoms with Crippen LogP contribution in [0.3, 0.4) is 0 Å². The van der Waals surface area contributed by atoms with Crippen LogP contribution in [0.5, 0.6) is 0 Å². The van der Waals surface area contributed by atoms with Crippen molar-refractivity contribution in [1.29, 1.82) is 10.5 Å². The van der Waals surface area contributed by atoms with Gasteiger partial charge in [-0.3, -0.25) is 59.9 Å². The summed E-state index contributed by atoms with van der Waals surface area (Å²) in [5.74, 6) is 0. The Bertz CT molecular complexity index is 5500. The topological polar surface area (TPSA) is 199 Å². The van der Waals surface area contributed by atoms with Crippen molar-refractivity contribution >= 4 is 103 Å². The van der Waals surface area contributed by atoms with Crippen LogP contribution in [-0.2, 0) is 53.4 Å². The Balaban J connectivity index is 0.000000584. The molecule has 6 heterocycles. The maximum atomic E-state index is 9.87. The van der Waals surface area contributed by atoms with Gasteiger partial charge >= 0.3 is 166 Å². The molecule has 16 rings (SSSR count). The van der Waals surface area contributed by atoms with E-state index in [2.05, 4.69) is 133 Å².